The van der Waals surface area contributed by atoms with Crippen molar-refractivity contribution >= 4 is 5.91 Å². The Kier molecular flexibility index (Phi) is 4.38. The van der Waals surface area contributed by atoms with Crippen LogP contribution in [0.3, 0.4) is 0 Å². The van der Waals surface area contributed by atoms with Crippen molar-refractivity contribution in [3.63, 3.8) is 0 Å². The Labute approximate surface area is 140 Å². The fourth-order valence-corrected chi connectivity index (χ4v) is 2.50. The molecular weight excluding hydrogens is 308 g/mol. The number of fused-ring (bicyclic) bond motifs is 1. The summed E-state index contributed by atoms with van der Waals surface area (Å²) in [6.07, 6.45) is 2.02. The van der Waals surface area contributed by atoms with E-state index in [-0.39, 0.29) is 5.91 Å². The Morgan fingerprint density at radius 2 is 2.08 bits per heavy atom. The maximum Gasteiger partial charge on any atom is 0.257 e. The lowest BCUT2D eigenvalue weighted by Crippen LogP contribution is -2.21. The monoisotopic (exact) mass is 326 g/mol. The summed E-state index contributed by atoms with van der Waals surface area (Å²) in [5.41, 5.74) is 1.85. The van der Waals surface area contributed by atoms with E-state index in [0.717, 1.165) is 5.56 Å². The van der Waals surface area contributed by atoms with Gasteiger partial charge in [-0.3, -0.25) is 9.48 Å². The fraction of sp³-hybridized carbons (Fsp3) is 0.353. The number of benzene rings is 1. The number of hydrogen-bond donors (Lipinski definition) is 0. The third-order valence-electron chi connectivity index (χ3n) is 3.67. The number of hydrogen-bond acceptors (Lipinski definition) is 5. The number of carbonyl (C=O) groups excluding carboxylic acids is 1. The van der Waals surface area contributed by atoms with Crippen molar-refractivity contribution in [1.29, 1.82) is 5.26 Å². The van der Waals surface area contributed by atoms with Crippen molar-refractivity contribution in [3.05, 3.63) is 30.0 Å². The number of aryl methyl sites for hydroxylation is 1. The van der Waals surface area contributed by atoms with Crippen LogP contribution in [0.1, 0.15) is 16.8 Å². The maximum absolute atomic E-state index is 12.5. The molecule has 3 rings (SSSR count). The summed E-state index contributed by atoms with van der Waals surface area (Å²) < 4.78 is 12.8. The number of amides is 1. The van der Waals surface area contributed by atoms with Crippen LogP contribution in [0.25, 0.3) is 11.3 Å². The predicted octanol–water partition coefficient (Wildman–Crippen LogP) is 1.94. The van der Waals surface area contributed by atoms with Crippen LogP contribution in [-0.4, -0.2) is 47.9 Å². The zero-order valence-corrected chi connectivity index (χ0v) is 13.7. The molecule has 1 aliphatic heterocycles. The molecule has 0 unspecified atom stereocenters. The number of carbonyl (C=O) groups is 1. The molecule has 0 bridgehead atoms. The molecule has 1 aliphatic rings. The second-order valence-corrected chi connectivity index (χ2v) is 5.62. The Morgan fingerprint density at radius 1 is 1.33 bits per heavy atom. The number of nitrogens with zero attached hydrogens (tertiary/aromatic N) is 4. The van der Waals surface area contributed by atoms with E-state index in [1.165, 1.54) is 4.90 Å². The van der Waals surface area contributed by atoms with Crippen LogP contribution in [0.2, 0.25) is 0 Å². The predicted molar refractivity (Wildman–Crippen MR) is 86.9 cm³/mol. The van der Waals surface area contributed by atoms with Gasteiger partial charge in [0.1, 0.15) is 18.9 Å². The Balaban J connectivity index is 2.03. The summed E-state index contributed by atoms with van der Waals surface area (Å²) in [7, 11) is 3.39. The second-order valence-electron chi connectivity index (χ2n) is 5.62. The molecule has 2 heterocycles. The highest BCUT2D eigenvalue weighted by atomic mass is 16.6. The molecule has 0 atom stereocenters. The molecule has 1 aromatic carbocycles. The maximum atomic E-state index is 12.5. The van der Waals surface area contributed by atoms with E-state index in [9.17, 15) is 4.79 Å². The molecule has 0 N–H and O–H groups in total. The standard InChI is InChI=1S/C17H18N4O3/c1-20(2)17(22)13-11-21(7-3-6-18)19-16(13)12-4-5-14-15(10-12)24-9-8-23-14/h4-5,10-11H,3,7-9H2,1-2H3. The molecule has 24 heavy (non-hydrogen) atoms. The van der Waals surface area contributed by atoms with Crippen molar-refractivity contribution in [2.75, 3.05) is 27.3 Å². The Morgan fingerprint density at radius 3 is 2.79 bits per heavy atom. The topological polar surface area (TPSA) is 80.4 Å². The average Bonchev–Trinajstić information content (AvgIpc) is 3.02. The van der Waals surface area contributed by atoms with Crippen LogP contribution >= 0.6 is 0 Å². The molecule has 1 amide bonds. The van der Waals surface area contributed by atoms with Crippen LogP contribution in [0.4, 0.5) is 0 Å². The molecule has 7 heteroatoms. The first-order valence-electron chi connectivity index (χ1n) is 7.66. The van der Waals surface area contributed by atoms with Crippen molar-refractivity contribution in [1.82, 2.24) is 14.7 Å². The van der Waals surface area contributed by atoms with Gasteiger partial charge >= 0.3 is 0 Å². The van der Waals surface area contributed by atoms with E-state index in [0.29, 0.717) is 48.9 Å². The van der Waals surface area contributed by atoms with Gasteiger partial charge in [0.15, 0.2) is 11.5 Å². The van der Waals surface area contributed by atoms with E-state index in [1.54, 1.807) is 25.0 Å². The van der Waals surface area contributed by atoms with Gasteiger partial charge in [-0.15, -0.1) is 0 Å². The summed E-state index contributed by atoms with van der Waals surface area (Å²) >= 11 is 0. The van der Waals surface area contributed by atoms with Crippen LogP contribution in [-0.2, 0) is 6.54 Å². The average molecular weight is 326 g/mol. The van der Waals surface area contributed by atoms with Gasteiger partial charge in [0.25, 0.3) is 5.91 Å². The first-order valence-corrected chi connectivity index (χ1v) is 7.66. The number of rotatable bonds is 4. The van der Waals surface area contributed by atoms with E-state index >= 15 is 0 Å². The van der Waals surface area contributed by atoms with Crippen LogP contribution in [0.15, 0.2) is 24.4 Å². The SMILES string of the molecule is CN(C)C(=O)c1cn(CCC#N)nc1-c1ccc2c(c1)OCCO2. The van der Waals surface area contributed by atoms with Gasteiger partial charge in [-0.2, -0.15) is 10.4 Å². The van der Waals surface area contributed by atoms with E-state index in [4.69, 9.17) is 14.7 Å². The zero-order chi connectivity index (χ0) is 17.1. The summed E-state index contributed by atoms with van der Waals surface area (Å²) in [6.45, 7) is 1.46. The summed E-state index contributed by atoms with van der Waals surface area (Å²) in [5, 5.41) is 13.2. The smallest absolute Gasteiger partial charge is 0.257 e. The minimum atomic E-state index is -0.136. The lowest BCUT2D eigenvalue weighted by atomic mass is 10.1. The summed E-state index contributed by atoms with van der Waals surface area (Å²) in [6, 6.07) is 7.60. The minimum Gasteiger partial charge on any atom is -0.486 e. The molecule has 1 aromatic heterocycles. The largest absolute Gasteiger partial charge is 0.486 e. The number of aromatic nitrogens is 2. The lowest BCUT2D eigenvalue weighted by Gasteiger charge is -2.18. The molecule has 0 saturated carbocycles. The first kappa shape index (κ1) is 15.9. The zero-order valence-electron chi connectivity index (χ0n) is 13.7. The van der Waals surface area contributed by atoms with Crippen LogP contribution < -0.4 is 9.47 Å². The molecule has 2 aromatic rings. The highest BCUT2D eigenvalue weighted by Gasteiger charge is 2.21. The Hall–Kier alpha value is -3.01. The van der Waals surface area contributed by atoms with Crippen molar-refractivity contribution < 1.29 is 14.3 Å². The van der Waals surface area contributed by atoms with E-state index in [1.807, 2.05) is 18.2 Å². The van der Waals surface area contributed by atoms with E-state index in [2.05, 4.69) is 11.2 Å². The lowest BCUT2D eigenvalue weighted by molar-refractivity contribution is 0.0828. The minimum absolute atomic E-state index is 0.136. The van der Waals surface area contributed by atoms with Crippen LogP contribution in [0.5, 0.6) is 11.5 Å². The van der Waals surface area contributed by atoms with Crippen molar-refractivity contribution in [2.45, 2.75) is 13.0 Å². The van der Waals surface area contributed by atoms with Gasteiger partial charge in [0.05, 0.1) is 24.6 Å². The first-order chi connectivity index (χ1) is 11.6. The highest BCUT2D eigenvalue weighted by molar-refractivity contribution is 5.99. The highest BCUT2D eigenvalue weighted by Crippen LogP contribution is 2.35. The molecule has 0 spiro atoms. The van der Waals surface area contributed by atoms with Crippen LogP contribution in [0, 0.1) is 11.3 Å². The number of nitriles is 1. The van der Waals surface area contributed by atoms with E-state index < -0.39 is 0 Å². The molecule has 0 fully saturated rings. The molecular formula is C17H18N4O3. The molecule has 7 nitrogen and oxygen atoms in total. The van der Waals surface area contributed by atoms with Gasteiger partial charge in [0, 0.05) is 25.9 Å². The molecule has 0 radical (unpaired) electrons. The van der Waals surface area contributed by atoms with Gasteiger partial charge in [-0.25, -0.2) is 0 Å². The molecule has 0 aliphatic carbocycles. The Bertz CT molecular complexity index is 805. The third-order valence-corrected chi connectivity index (χ3v) is 3.67. The molecule has 0 saturated heterocycles. The summed E-state index contributed by atoms with van der Waals surface area (Å²) in [5.74, 6) is 1.20. The van der Waals surface area contributed by atoms with Crippen molar-refractivity contribution in [3.8, 4) is 28.8 Å². The normalized spacial score (nSPS) is 12.5. The third kappa shape index (κ3) is 3.04. The van der Waals surface area contributed by atoms with Gasteiger partial charge in [0.2, 0.25) is 0 Å². The van der Waals surface area contributed by atoms with Crippen molar-refractivity contribution in [2.24, 2.45) is 0 Å². The number of ether oxygens (including phenoxy) is 2. The summed E-state index contributed by atoms with van der Waals surface area (Å²) in [4.78, 5) is 14.0. The quantitative estimate of drug-likeness (QED) is 0.858. The van der Waals surface area contributed by atoms with Gasteiger partial charge in [-0.1, -0.05) is 0 Å². The van der Waals surface area contributed by atoms with Gasteiger partial charge < -0.3 is 14.4 Å². The second kappa shape index (κ2) is 6.62. The van der Waals surface area contributed by atoms with Gasteiger partial charge in [-0.05, 0) is 18.2 Å². The molecule has 124 valence electrons. The fourth-order valence-electron chi connectivity index (χ4n) is 2.50.